The summed E-state index contributed by atoms with van der Waals surface area (Å²) in [4.78, 5) is 12.3. The molecule has 0 radical (unpaired) electrons. The van der Waals surface area contributed by atoms with Crippen molar-refractivity contribution in [3.05, 3.63) is 15.9 Å². The van der Waals surface area contributed by atoms with Crippen LogP contribution in [-0.2, 0) is 24.2 Å². The van der Waals surface area contributed by atoms with E-state index < -0.39 is 5.54 Å². The summed E-state index contributed by atoms with van der Waals surface area (Å²) in [5.74, 6) is 0.169. The largest absolute Gasteiger partial charge is 0.308 e. The fraction of sp³-hybridized carbons (Fsp3) is 0.692. The Labute approximate surface area is 117 Å². The molecule has 4 nitrogen and oxygen atoms in total. The maximum absolute atomic E-state index is 12.3. The van der Waals surface area contributed by atoms with Crippen molar-refractivity contribution in [3.8, 4) is 0 Å². The second-order valence-corrected chi connectivity index (χ2v) is 5.64. The van der Waals surface area contributed by atoms with Gasteiger partial charge >= 0.3 is 0 Å². The smallest absolute Gasteiger partial charge is 0.158 e. The topological polar surface area (TPSA) is 46.9 Å². The average Bonchev–Trinajstić information content (AvgIpc) is 2.66. The number of nitrogens with zero attached hydrogens (tertiary/aromatic N) is 2. The predicted molar refractivity (Wildman–Crippen MR) is 76.8 cm³/mol. The van der Waals surface area contributed by atoms with Crippen LogP contribution in [0, 0.1) is 0 Å². The van der Waals surface area contributed by atoms with Crippen LogP contribution in [0.15, 0.2) is 4.47 Å². The Bertz CT molecular complexity index is 438. The highest BCUT2D eigenvalue weighted by Crippen LogP contribution is 2.24. The third-order valence-corrected chi connectivity index (χ3v) is 4.26. The molecular weight excluding hydrogens is 294 g/mol. The zero-order chi connectivity index (χ0) is 13.9. The summed E-state index contributed by atoms with van der Waals surface area (Å²) in [6.07, 6.45) is 1.26. The van der Waals surface area contributed by atoms with E-state index in [0.717, 1.165) is 28.8 Å². The molecule has 0 saturated heterocycles. The average molecular weight is 316 g/mol. The van der Waals surface area contributed by atoms with Crippen LogP contribution in [-0.4, -0.2) is 28.2 Å². The number of hydrogen-bond donors (Lipinski definition) is 1. The van der Waals surface area contributed by atoms with E-state index in [1.807, 2.05) is 32.5 Å². The van der Waals surface area contributed by atoms with Crippen LogP contribution in [0.5, 0.6) is 0 Å². The SMILES string of the molecule is CCc1nn(CC)c(CC(=O)C(C)(C)NC)c1Br. The van der Waals surface area contributed by atoms with Crippen LogP contribution < -0.4 is 5.32 Å². The number of carbonyl (C=O) groups excluding carboxylic acids is 1. The number of aromatic nitrogens is 2. The van der Waals surface area contributed by atoms with Crippen LogP contribution in [0.2, 0.25) is 0 Å². The Morgan fingerprint density at radius 1 is 1.44 bits per heavy atom. The van der Waals surface area contributed by atoms with E-state index in [4.69, 9.17) is 0 Å². The Hall–Kier alpha value is -0.680. The minimum atomic E-state index is -0.505. The van der Waals surface area contributed by atoms with Gasteiger partial charge in [0.15, 0.2) is 5.78 Å². The molecule has 1 aromatic heterocycles. The molecule has 18 heavy (non-hydrogen) atoms. The lowest BCUT2D eigenvalue weighted by atomic mass is 9.95. The normalized spacial score (nSPS) is 11.9. The van der Waals surface area contributed by atoms with Crippen LogP contribution in [0.25, 0.3) is 0 Å². The van der Waals surface area contributed by atoms with Crippen molar-refractivity contribution in [1.82, 2.24) is 15.1 Å². The first kappa shape index (κ1) is 15.4. The lowest BCUT2D eigenvalue weighted by Crippen LogP contribution is -2.45. The van der Waals surface area contributed by atoms with Gasteiger partial charge in [-0.15, -0.1) is 0 Å². The summed E-state index contributed by atoms with van der Waals surface area (Å²) in [7, 11) is 1.81. The van der Waals surface area contributed by atoms with E-state index in [-0.39, 0.29) is 5.78 Å². The Kier molecular flexibility index (Phi) is 5.10. The zero-order valence-electron chi connectivity index (χ0n) is 11.8. The van der Waals surface area contributed by atoms with Gasteiger partial charge in [-0.2, -0.15) is 5.10 Å². The van der Waals surface area contributed by atoms with Crippen molar-refractivity contribution in [2.45, 2.75) is 52.6 Å². The van der Waals surface area contributed by atoms with E-state index in [9.17, 15) is 4.79 Å². The number of rotatable bonds is 6. The highest BCUT2D eigenvalue weighted by molar-refractivity contribution is 9.10. The molecule has 0 aliphatic heterocycles. The molecule has 0 aromatic carbocycles. The summed E-state index contributed by atoms with van der Waals surface area (Å²) in [6, 6.07) is 0. The molecule has 102 valence electrons. The lowest BCUT2D eigenvalue weighted by Gasteiger charge is -2.22. The quantitative estimate of drug-likeness (QED) is 0.876. The monoisotopic (exact) mass is 315 g/mol. The van der Waals surface area contributed by atoms with E-state index in [1.54, 1.807) is 0 Å². The van der Waals surface area contributed by atoms with E-state index in [2.05, 4.69) is 33.3 Å². The summed E-state index contributed by atoms with van der Waals surface area (Å²) < 4.78 is 2.89. The van der Waals surface area contributed by atoms with Gasteiger partial charge in [-0.1, -0.05) is 6.92 Å². The van der Waals surface area contributed by atoms with Crippen molar-refractivity contribution >= 4 is 21.7 Å². The number of hydrogen-bond acceptors (Lipinski definition) is 3. The van der Waals surface area contributed by atoms with E-state index in [1.165, 1.54) is 0 Å². The first-order valence-electron chi connectivity index (χ1n) is 6.33. The molecule has 5 heteroatoms. The van der Waals surface area contributed by atoms with Gasteiger partial charge in [0.25, 0.3) is 0 Å². The first-order chi connectivity index (χ1) is 8.37. The molecule has 0 spiro atoms. The van der Waals surface area contributed by atoms with Crippen molar-refractivity contribution in [3.63, 3.8) is 0 Å². The predicted octanol–water partition coefficient (Wildman–Crippen LogP) is 2.34. The highest BCUT2D eigenvalue weighted by Gasteiger charge is 2.27. The van der Waals surface area contributed by atoms with Gasteiger partial charge in [0.05, 0.1) is 27.8 Å². The third kappa shape index (κ3) is 3.01. The van der Waals surface area contributed by atoms with Gasteiger partial charge in [-0.05, 0) is 50.2 Å². The summed E-state index contributed by atoms with van der Waals surface area (Å²) in [6.45, 7) is 8.68. The first-order valence-corrected chi connectivity index (χ1v) is 7.12. The number of halogens is 1. The zero-order valence-corrected chi connectivity index (χ0v) is 13.4. The van der Waals surface area contributed by atoms with Crippen molar-refractivity contribution in [1.29, 1.82) is 0 Å². The maximum Gasteiger partial charge on any atom is 0.158 e. The number of carbonyl (C=O) groups is 1. The second-order valence-electron chi connectivity index (χ2n) is 4.85. The summed E-state index contributed by atoms with van der Waals surface area (Å²) in [5.41, 5.74) is 1.49. The van der Waals surface area contributed by atoms with Crippen LogP contribution in [0.1, 0.15) is 39.1 Å². The van der Waals surface area contributed by atoms with E-state index >= 15 is 0 Å². The van der Waals surface area contributed by atoms with Crippen molar-refractivity contribution in [2.75, 3.05) is 7.05 Å². The van der Waals surface area contributed by atoms with E-state index in [0.29, 0.717) is 6.42 Å². The molecule has 1 aromatic rings. The van der Waals surface area contributed by atoms with Crippen molar-refractivity contribution < 1.29 is 4.79 Å². The van der Waals surface area contributed by atoms with Crippen LogP contribution in [0.4, 0.5) is 0 Å². The molecule has 0 bridgehead atoms. The fourth-order valence-corrected chi connectivity index (χ4v) is 2.40. The van der Waals surface area contributed by atoms with Gasteiger partial charge < -0.3 is 5.32 Å². The molecule has 1 rings (SSSR count). The highest BCUT2D eigenvalue weighted by atomic mass is 79.9. The molecule has 0 aliphatic carbocycles. The molecule has 1 N–H and O–H groups in total. The van der Waals surface area contributed by atoms with Crippen molar-refractivity contribution in [2.24, 2.45) is 0 Å². The Morgan fingerprint density at radius 3 is 2.50 bits per heavy atom. The molecule has 0 saturated carbocycles. The van der Waals surface area contributed by atoms with Gasteiger partial charge in [0.1, 0.15) is 0 Å². The number of Topliss-reactive ketones (excluding diaryl/α,β-unsaturated/α-hetero) is 1. The van der Waals surface area contributed by atoms with Gasteiger partial charge in [0, 0.05) is 6.54 Å². The lowest BCUT2D eigenvalue weighted by molar-refractivity contribution is -0.123. The second kappa shape index (κ2) is 5.97. The maximum atomic E-state index is 12.3. The summed E-state index contributed by atoms with van der Waals surface area (Å²) >= 11 is 3.56. The molecule has 0 unspecified atom stereocenters. The number of likely N-dealkylation sites (N-methyl/N-ethyl adjacent to an activating group) is 1. The van der Waals surface area contributed by atoms with Crippen LogP contribution >= 0.6 is 15.9 Å². The molecule has 0 amide bonds. The Morgan fingerprint density at radius 2 is 2.06 bits per heavy atom. The van der Waals surface area contributed by atoms with Crippen LogP contribution in [0.3, 0.4) is 0 Å². The summed E-state index contributed by atoms with van der Waals surface area (Å²) in [5, 5.41) is 7.55. The minimum absolute atomic E-state index is 0.169. The van der Waals surface area contributed by atoms with Gasteiger partial charge in [-0.25, -0.2) is 0 Å². The molecule has 0 fully saturated rings. The standard InChI is InChI=1S/C13H22BrN3O/c1-6-9-12(14)10(17(7-2)16-9)8-11(18)13(3,4)15-5/h15H,6-8H2,1-5H3. The third-order valence-electron chi connectivity index (χ3n) is 3.34. The molecule has 1 heterocycles. The van der Waals surface area contributed by atoms with Gasteiger partial charge in [-0.3, -0.25) is 9.48 Å². The number of nitrogens with one attached hydrogen (secondary N) is 1. The van der Waals surface area contributed by atoms with Gasteiger partial charge in [0.2, 0.25) is 0 Å². The molecule has 0 atom stereocenters. The molecule has 0 aliphatic rings. The molecular formula is C13H22BrN3O. The fourth-order valence-electron chi connectivity index (χ4n) is 1.70. The minimum Gasteiger partial charge on any atom is -0.308 e. The Balaban J connectivity index is 3.04. The number of aryl methyl sites for hydroxylation is 2. The number of ketones is 1.